The maximum absolute atomic E-state index is 14.4. The molecule has 0 aliphatic rings. The summed E-state index contributed by atoms with van der Waals surface area (Å²) < 4.78 is 56.7. The van der Waals surface area contributed by atoms with Gasteiger partial charge in [-0.1, -0.05) is 6.92 Å². The molecular formula is C19H22F3NO6. The van der Waals surface area contributed by atoms with Gasteiger partial charge in [0.1, 0.15) is 0 Å². The zero-order valence-corrected chi connectivity index (χ0v) is 16.5. The minimum Gasteiger partial charge on any atom is -0.462 e. The summed E-state index contributed by atoms with van der Waals surface area (Å²) in [6, 6.07) is 0.988. The Morgan fingerprint density at radius 1 is 0.931 bits per heavy atom. The van der Waals surface area contributed by atoms with Crippen molar-refractivity contribution in [1.29, 1.82) is 0 Å². The van der Waals surface area contributed by atoms with E-state index in [2.05, 4.69) is 0 Å². The fraction of sp³-hybridized carbons (Fsp3) is 0.421. The molecule has 0 amide bonds. The molecule has 0 bridgehead atoms. The summed E-state index contributed by atoms with van der Waals surface area (Å²) in [6.07, 6.45) is 0.831. The second kappa shape index (κ2) is 11.1. The van der Waals surface area contributed by atoms with Gasteiger partial charge in [-0.05, 0) is 31.9 Å². The third kappa shape index (κ3) is 6.23. The van der Waals surface area contributed by atoms with Crippen LogP contribution in [-0.2, 0) is 35.0 Å². The Balaban J connectivity index is 3.59. The fourth-order valence-electron chi connectivity index (χ4n) is 2.21. The zero-order chi connectivity index (χ0) is 22.1. The second-order valence-corrected chi connectivity index (χ2v) is 5.57. The van der Waals surface area contributed by atoms with Gasteiger partial charge in [-0.15, -0.1) is 0 Å². The first-order chi connectivity index (χ1) is 13.7. The fourth-order valence-corrected chi connectivity index (χ4v) is 2.21. The van der Waals surface area contributed by atoms with Gasteiger partial charge in [0.15, 0.2) is 29.8 Å². The molecule has 0 spiro atoms. The van der Waals surface area contributed by atoms with Crippen LogP contribution in [0.25, 0.3) is 0 Å². The number of rotatable bonds is 9. The summed E-state index contributed by atoms with van der Waals surface area (Å²) in [6.45, 7) is 4.76. The second-order valence-electron chi connectivity index (χ2n) is 5.57. The summed E-state index contributed by atoms with van der Waals surface area (Å²) in [5.41, 5.74) is -1.36. The summed E-state index contributed by atoms with van der Waals surface area (Å²) in [4.78, 5) is 36.2. The van der Waals surface area contributed by atoms with Crippen LogP contribution < -0.4 is 4.90 Å². The van der Waals surface area contributed by atoms with Gasteiger partial charge in [0.25, 0.3) is 0 Å². The Bertz CT molecular complexity index is 790. The molecule has 0 heterocycles. The highest BCUT2D eigenvalue weighted by atomic mass is 19.2. The lowest BCUT2D eigenvalue weighted by Gasteiger charge is -2.23. The number of halogens is 3. The van der Waals surface area contributed by atoms with Crippen molar-refractivity contribution in [1.82, 2.24) is 0 Å². The first-order valence-corrected chi connectivity index (χ1v) is 8.80. The molecule has 1 aromatic carbocycles. The smallest absolute Gasteiger partial charge is 0.347 e. The molecule has 0 radical (unpaired) electrons. The normalized spacial score (nSPS) is 10.2. The minimum atomic E-state index is -1.74. The van der Waals surface area contributed by atoms with Crippen LogP contribution in [0.5, 0.6) is 0 Å². The van der Waals surface area contributed by atoms with Crippen LogP contribution in [0.1, 0.15) is 33.3 Å². The number of hydrogen-bond acceptors (Lipinski definition) is 7. The molecule has 10 heteroatoms. The lowest BCUT2D eigenvalue weighted by Crippen LogP contribution is -2.28. The Morgan fingerprint density at radius 2 is 1.48 bits per heavy atom. The molecule has 1 rings (SSSR count). The molecule has 0 saturated carbocycles. The van der Waals surface area contributed by atoms with Crippen LogP contribution in [0.15, 0.2) is 17.8 Å². The highest BCUT2D eigenvalue weighted by molar-refractivity contribution is 6.14. The van der Waals surface area contributed by atoms with E-state index >= 15 is 0 Å². The predicted octanol–water partition coefficient (Wildman–Crippen LogP) is 3.00. The van der Waals surface area contributed by atoms with Crippen molar-refractivity contribution in [2.24, 2.45) is 0 Å². The van der Waals surface area contributed by atoms with Gasteiger partial charge in [0.05, 0.1) is 18.9 Å². The van der Waals surface area contributed by atoms with Crippen molar-refractivity contribution in [2.45, 2.75) is 34.1 Å². The molecule has 0 unspecified atom stereocenters. The monoisotopic (exact) mass is 417 g/mol. The first kappa shape index (κ1) is 24.0. The van der Waals surface area contributed by atoms with Crippen LogP contribution in [0.2, 0.25) is 0 Å². The van der Waals surface area contributed by atoms with Crippen LogP contribution in [0.3, 0.4) is 0 Å². The van der Waals surface area contributed by atoms with Gasteiger partial charge < -0.3 is 19.1 Å². The van der Waals surface area contributed by atoms with E-state index in [0.29, 0.717) is 0 Å². The zero-order valence-electron chi connectivity index (χ0n) is 16.5. The van der Waals surface area contributed by atoms with Gasteiger partial charge in [-0.3, -0.25) is 4.79 Å². The number of ether oxygens (including phenoxy) is 3. The van der Waals surface area contributed by atoms with Crippen molar-refractivity contribution >= 4 is 23.6 Å². The number of carbonyl (C=O) groups excluding carboxylic acids is 3. The molecule has 0 saturated heterocycles. The Hall–Kier alpha value is -3.04. The van der Waals surface area contributed by atoms with Crippen molar-refractivity contribution < 1.29 is 41.8 Å². The van der Waals surface area contributed by atoms with E-state index < -0.39 is 53.4 Å². The first-order valence-electron chi connectivity index (χ1n) is 8.80. The van der Waals surface area contributed by atoms with Gasteiger partial charge in [-0.25, -0.2) is 22.8 Å². The Morgan fingerprint density at radius 3 is 1.93 bits per heavy atom. The number of nitrogens with zero attached hydrogens (tertiary/aromatic N) is 1. The minimum absolute atomic E-state index is 0.0315. The molecule has 29 heavy (non-hydrogen) atoms. The Kier molecular flexibility index (Phi) is 9.17. The average Bonchev–Trinajstić information content (AvgIpc) is 2.67. The largest absolute Gasteiger partial charge is 0.462 e. The number of carbonyl (C=O) groups is 3. The number of esters is 3. The van der Waals surface area contributed by atoms with Crippen molar-refractivity contribution in [3.63, 3.8) is 0 Å². The van der Waals surface area contributed by atoms with E-state index in [9.17, 15) is 27.6 Å². The Labute approximate surface area is 166 Å². The standard InChI is InChI=1S/C19H22F3NO6/c1-5-12-8-14(16(21)17(22)15(12)20)23(10-29-11(4)24)9-13(18(25)27-6-2)19(26)28-7-3/h8-9H,5-7,10H2,1-4H3. The molecule has 0 aliphatic heterocycles. The van der Waals surface area contributed by atoms with Crippen molar-refractivity contribution in [3.05, 3.63) is 40.9 Å². The SMILES string of the molecule is CCOC(=O)C(=CN(COC(C)=O)c1cc(CC)c(F)c(F)c1F)C(=O)OCC. The van der Waals surface area contributed by atoms with Crippen LogP contribution >= 0.6 is 0 Å². The van der Waals surface area contributed by atoms with E-state index in [4.69, 9.17) is 14.2 Å². The third-order valence-electron chi connectivity index (χ3n) is 3.58. The molecule has 0 N–H and O–H groups in total. The molecule has 0 atom stereocenters. The quantitative estimate of drug-likeness (QED) is 0.116. The van der Waals surface area contributed by atoms with E-state index in [-0.39, 0.29) is 25.2 Å². The topological polar surface area (TPSA) is 82.1 Å². The van der Waals surface area contributed by atoms with Gasteiger partial charge in [0.2, 0.25) is 0 Å². The highest BCUT2D eigenvalue weighted by Crippen LogP contribution is 2.28. The highest BCUT2D eigenvalue weighted by Gasteiger charge is 2.26. The lowest BCUT2D eigenvalue weighted by molar-refractivity contribution is -0.146. The summed E-state index contributed by atoms with van der Waals surface area (Å²) >= 11 is 0. The van der Waals surface area contributed by atoms with Gasteiger partial charge >= 0.3 is 17.9 Å². The van der Waals surface area contributed by atoms with E-state index in [1.54, 1.807) is 0 Å². The molecule has 7 nitrogen and oxygen atoms in total. The third-order valence-corrected chi connectivity index (χ3v) is 3.58. The number of anilines is 1. The molecule has 1 aromatic rings. The summed E-state index contributed by atoms with van der Waals surface area (Å²) in [5.74, 6) is -7.63. The van der Waals surface area contributed by atoms with Crippen LogP contribution in [0.4, 0.5) is 18.9 Å². The maximum atomic E-state index is 14.4. The summed E-state index contributed by atoms with van der Waals surface area (Å²) in [7, 11) is 0. The number of benzene rings is 1. The molecule has 0 fully saturated rings. The predicted molar refractivity (Wildman–Crippen MR) is 96.2 cm³/mol. The van der Waals surface area contributed by atoms with E-state index in [1.165, 1.54) is 20.8 Å². The van der Waals surface area contributed by atoms with Gasteiger partial charge in [0, 0.05) is 13.1 Å². The molecule has 160 valence electrons. The molecular weight excluding hydrogens is 395 g/mol. The number of aryl methyl sites for hydroxylation is 1. The number of hydrogen-bond donors (Lipinski definition) is 0. The van der Waals surface area contributed by atoms with Crippen LogP contribution in [0, 0.1) is 17.5 Å². The van der Waals surface area contributed by atoms with E-state index in [1.807, 2.05) is 0 Å². The van der Waals surface area contributed by atoms with Gasteiger partial charge in [-0.2, -0.15) is 0 Å². The summed E-state index contributed by atoms with van der Waals surface area (Å²) in [5, 5.41) is 0. The maximum Gasteiger partial charge on any atom is 0.347 e. The van der Waals surface area contributed by atoms with Crippen molar-refractivity contribution in [2.75, 3.05) is 24.8 Å². The lowest BCUT2D eigenvalue weighted by atomic mass is 10.1. The molecule has 0 aliphatic carbocycles. The van der Waals surface area contributed by atoms with Crippen LogP contribution in [-0.4, -0.2) is 37.9 Å². The molecule has 0 aromatic heterocycles. The van der Waals surface area contributed by atoms with E-state index in [0.717, 1.165) is 24.1 Å². The average molecular weight is 417 g/mol. The van der Waals surface area contributed by atoms with Crippen molar-refractivity contribution in [3.8, 4) is 0 Å².